The van der Waals surface area contributed by atoms with Crippen molar-refractivity contribution >= 4 is 0 Å². The molecule has 0 radical (unpaired) electrons. The van der Waals surface area contributed by atoms with Crippen molar-refractivity contribution in [2.75, 3.05) is 20.2 Å². The zero-order valence-electron chi connectivity index (χ0n) is 13.5. The molecule has 1 saturated heterocycles. The average Bonchev–Trinajstić information content (AvgIpc) is 2.92. The molecule has 1 unspecified atom stereocenters. The number of hydrogen-bond acceptors (Lipinski definition) is 7. The van der Waals surface area contributed by atoms with Crippen LogP contribution < -0.4 is 4.74 Å². The lowest BCUT2D eigenvalue weighted by Gasteiger charge is -2.38. The van der Waals surface area contributed by atoms with Gasteiger partial charge in [0.25, 0.3) is 0 Å². The van der Waals surface area contributed by atoms with Crippen LogP contribution in [0, 0.1) is 6.92 Å². The first-order valence-corrected chi connectivity index (χ1v) is 7.78. The fourth-order valence-corrected chi connectivity index (χ4v) is 3.10. The Bertz CT molecular complexity index is 660. The van der Waals surface area contributed by atoms with Crippen LogP contribution in [0.25, 0.3) is 0 Å². The molecule has 7 heteroatoms. The summed E-state index contributed by atoms with van der Waals surface area (Å²) in [4.78, 5) is 10.6. The van der Waals surface area contributed by atoms with Gasteiger partial charge in [-0.15, -0.1) is 0 Å². The van der Waals surface area contributed by atoms with Gasteiger partial charge in [0.05, 0.1) is 25.3 Å². The normalized spacial score (nSPS) is 22.2. The lowest BCUT2D eigenvalue weighted by molar-refractivity contribution is -0.0373. The second kappa shape index (κ2) is 6.64. The minimum atomic E-state index is -0.830. The monoisotopic (exact) mass is 318 g/mol. The molecule has 3 heterocycles. The summed E-state index contributed by atoms with van der Waals surface area (Å²) in [5.74, 6) is 1.84. The predicted octanol–water partition coefficient (Wildman–Crippen LogP) is 1.35. The second-order valence-electron chi connectivity index (χ2n) is 6.18. The van der Waals surface area contributed by atoms with Crippen LogP contribution in [0.2, 0.25) is 0 Å². The number of likely N-dealkylation sites (tertiary alicyclic amines) is 1. The van der Waals surface area contributed by atoms with Gasteiger partial charge in [0, 0.05) is 19.3 Å². The summed E-state index contributed by atoms with van der Waals surface area (Å²) in [5, 5.41) is 14.7. The van der Waals surface area contributed by atoms with E-state index in [4.69, 9.17) is 9.26 Å². The number of aliphatic hydroxyl groups is 1. The molecule has 0 amide bonds. The van der Waals surface area contributed by atoms with E-state index in [1.54, 1.807) is 20.2 Å². The molecule has 3 rings (SSSR count). The molecule has 1 aliphatic heterocycles. The maximum Gasteiger partial charge on any atom is 0.229 e. The average molecular weight is 318 g/mol. The quantitative estimate of drug-likeness (QED) is 0.890. The highest BCUT2D eigenvalue weighted by Gasteiger charge is 2.35. The van der Waals surface area contributed by atoms with Gasteiger partial charge in [-0.2, -0.15) is 4.98 Å². The molecule has 23 heavy (non-hydrogen) atoms. The zero-order chi connectivity index (χ0) is 16.3. The number of hydrogen-bond donors (Lipinski definition) is 1. The van der Waals surface area contributed by atoms with Gasteiger partial charge in [-0.05, 0) is 37.9 Å². The van der Waals surface area contributed by atoms with Crippen LogP contribution in [0.4, 0.5) is 0 Å². The fourth-order valence-electron chi connectivity index (χ4n) is 3.10. The third kappa shape index (κ3) is 4.05. The van der Waals surface area contributed by atoms with Crippen molar-refractivity contribution in [3.8, 4) is 5.75 Å². The van der Waals surface area contributed by atoms with E-state index in [-0.39, 0.29) is 0 Å². The predicted molar refractivity (Wildman–Crippen MR) is 83.0 cm³/mol. The Hall–Kier alpha value is -1.99. The number of ether oxygens (including phenoxy) is 1. The Balaban J connectivity index is 1.65. The van der Waals surface area contributed by atoms with Crippen molar-refractivity contribution in [1.82, 2.24) is 20.0 Å². The van der Waals surface area contributed by atoms with Gasteiger partial charge in [0.15, 0.2) is 5.82 Å². The van der Waals surface area contributed by atoms with Crippen molar-refractivity contribution in [2.24, 2.45) is 0 Å². The third-order valence-corrected chi connectivity index (χ3v) is 4.10. The van der Waals surface area contributed by atoms with E-state index in [1.165, 1.54) is 0 Å². The molecule has 0 spiro atoms. The van der Waals surface area contributed by atoms with Gasteiger partial charge in [0.2, 0.25) is 5.89 Å². The van der Waals surface area contributed by atoms with E-state index in [0.717, 1.165) is 37.2 Å². The molecule has 2 aromatic heterocycles. The molecule has 1 N–H and O–H groups in total. The maximum atomic E-state index is 10.9. The molecule has 1 fully saturated rings. The minimum absolute atomic E-state index is 0.390. The van der Waals surface area contributed by atoms with Crippen LogP contribution in [0.15, 0.2) is 23.0 Å². The molecule has 2 aromatic rings. The Morgan fingerprint density at radius 1 is 1.43 bits per heavy atom. The van der Waals surface area contributed by atoms with E-state index >= 15 is 0 Å². The van der Waals surface area contributed by atoms with Gasteiger partial charge in [0.1, 0.15) is 5.75 Å². The smallest absolute Gasteiger partial charge is 0.229 e. The molecule has 0 bridgehead atoms. The van der Waals surface area contributed by atoms with Crippen LogP contribution in [-0.2, 0) is 13.0 Å². The summed E-state index contributed by atoms with van der Waals surface area (Å²) in [6, 6.07) is 1.97. The Labute approximate surface area is 135 Å². The summed E-state index contributed by atoms with van der Waals surface area (Å²) < 4.78 is 10.4. The van der Waals surface area contributed by atoms with Gasteiger partial charge in [-0.25, -0.2) is 0 Å². The summed E-state index contributed by atoms with van der Waals surface area (Å²) in [6.07, 6.45) is 5.58. The molecule has 124 valence electrons. The Morgan fingerprint density at radius 3 is 3.04 bits per heavy atom. The van der Waals surface area contributed by atoms with E-state index < -0.39 is 5.60 Å². The van der Waals surface area contributed by atoms with E-state index in [2.05, 4.69) is 20.0 Å². The first kappa shape index (κ1) is 15.9. The van der Waals surface area contributed by atoms with Crippen molar-refractivity contribution in [2.45, 2.75) is 38.3 Å². The first-order valence-electron chi connectivity index (χ1n) is 7.78. The summed E-state index contributed by atoms with van der Waals surface area (Å²) in [6.45, 7) is 4.03. The second-order valence-corrected chi connectivity index (χ2v) is 6.18. The lowest BCUT2D eigenvalue weighted by Crippen LogP contribution is -2.49. The molecule has 1 aliphatic rings. The zero-order valence-corrected chi connectivity index (χ0v) is 13.5. The Kier molecular flexibility index (Phi) is 4.58. The van der Waals surface area contributed by atoms with Crippen LogP contribution >= 0.6 is 0 Å². The number of pyridine rings is 1. The van der Waals surface area contributed by atoms with Crippen LogP contribution in [0.5, 0.6) is 5.75 Å². The van der Waals surface area contributed by atoms with Crippen molar-refractivity contribution in [3.05, 3.63) is 35.7 Å². The molecule has 1 atom stereocenters. The van der Waals surface area contributed by atoms with E-state index in [0.29, 0.717) is 24.7 Å². The van der Waals surface area contributed by atoms with Crippen LogP contribution in [0.1, 0.15) is 30.1 Å². The number of nitrogens with zero attached hydrogens (tertiary/aromatic N) is 4. The third-order valence-electron chi connectivity index (χ3n) is 4.10. The molecule has 0 aliphatic carbocycles. The van der Waals surface area contributed by atoms with E-state index in [9.17, 15) is 5.11 Å². The summed E-state index contributed by atoms with van der Waals surface area (Å²) in [5.41, 5.74) is 0.242. The highest BCUT2D eigenvalue weighted by Crippen LogP contribution is 2.26. The highest BCUT2D eigenvalue weighted by atomic mass is 16.5. The van der Waals surface area contributed by atoms with Crippen LogP contribution in [0.3, 0.4) is 0 Å². The van der Waals surface area contributed by atoms with Crippen molar-refractivity contribution in [3.63, 3.8) is 0 Å². The SMILES string of the molecule is COc1cncc(CN2CCCC(O)(Cc3nc(C)no3)C2)c1. The number of aromatic nitrogens is 3. The van der Waals surface area contributed by atoms with Crippen molar-refractivity contribution in [1.29, 1.82) is 0 Å². The molecule has 0 saturated carbocycles. The van der Waals surface area contributed by atoms with Gasteiger partial charge in [-0.3, -0.25) is 9.88 Å². The van der Waals surface area contributed by atoms with Gasteiger partial charge in [-0.1, -0.05) is 5.16 Å². The molecule has 0 aromatic carbocycles. The topological polar surface area (TPSA) is 84.5 Å². The molecular weight excluding hydrogens is 296 g/mol. The molecular formula is C16H22N4O3. The lowest BCUT2D eigenvalue weighted by atomic mass is 9.89. The number of rotatable bonds is 5. The first-order chi connectivity index (χ1) is 11.1. The number of piperidine rings is 1. The summed E-state index contributed by atoms with van der Waals surface area (Å²) >= 11 is 0. The number of methoxy groups -OCH3 is 1. The largest absolute Gasteiger partial charge is 0.495 e. The summed E-state index contributed by atoms with van der Waals surface area (Å²) in [7, 11) is 1.63. The van der Waals surface area contributed by atoms with Crippen LogP contribution in [-0.4, -0.2) is 50.9 Å². The number of aryl methyl sites for hydroxylation is 1. The fraction of sp³-hybridized carbons (Fsp3) is 0.562. The van der Waals surface area contributed by atoms with Gasteiger partial charge >= 0.3 is 0 Å². The van der Waals surface area contributed by atoms with E-state index in [1.807, 2.05) is 12.3 Å². The highest BCUT2D eigenvalue weighted by molar-refractivity contribution is 5.23. The van der Waals surface area contributed by atoms with Crippen molar-refractivity contribution < 1.29 is 14.4 Å². The standard InChI is InChI=1S/C16H22N4O3/c1-12-18-15(23-19-12)7-16(21)4-3-5-20(11-16)10-13-6-14(22-2)9-17-8-13/h6,8-9,21H,3-5,7,10-11H2,1-2H3. The number of β-amino-alcohol motifs (C(OH)–C–C–N with tert-alkyl or cyclic N) is 1. The van der Waals surface area contributed by atoms with Gasteiger partial charge < -0.3 is 14.4 Å². The minimum Gasteiger partial charge on any atom is -0.495 e. The maximum absolute atomic E-state index is 10.9. The Morgan fingerprint density at radius 2 is 2.30 bits per heavy atom. The molecule has 7 nitrogen and oxygen atoms in total.